The van der Waals surface area contributed by atoms with E-state index in [2.05, 4.69) is 4.98 Å². The molecule has 0 bridgehead atoms. The monoisotopic (exact) mass is 462 g/mol. The summed E-state index contributed by atoms with van der Waals surface area (Å²) in [5.74, 6) is -0.729. The number of aromatic amines is 1. The summed E-state index contributed by atoms with van der Waals surface area (Å²) in [5, 5.41) is 0.478. The average Bonchev–Trinajstić information content (AvgIpc) is 2.73. The fourth-order valence-corrected chi connectivity index (χ4v) is 3.56. The van der Waals surface area contributed by atoms with Gasteiger partial charge in [0.1, 0.15) is 5.82 Å². The first-order chi connectivity index (χ1) is 14.8. The smallest absolute Gasteiger partial charge is 0.330 e. The van der Waals surface area contributed by atoms with Crippen molar-refractivity contribution in [3.63, 3.8) is 0 Å². The Bertz CT molecular complexity index is 1210. The summed E-state index contributed by atoms with van der Waals surface area (Å²) in [4.78, 5) is 41.8. The van der Waals surface area contributed by atoms with E-state index in [1.54, 1.807) is 0 Å². The fraction of sp³-hybridized carbons (Fsp3) is 0.190. The maximum atomic E-state index is 13.3. The minimum Gasteiger partial charge on any atom is -0.383 e. The number of H-pyrrole nitrogens is 1. The number of halogens is 2. The summed E-state index contributed by atoms with van der Waals surface area (Å²) in [5.41, 5.74) is 5.52. The number of nitrogen functional groups attached to an aromatic ring is 1. The molecular formula is C21H20Cl2N4O4. The molecule has 0 fully saturated rings. The number of carbonyl (C=O) groups excluding carboxylic acids is 1. The molecule has 162 valence electrons. The Kier molecular flexibility index (Phi) is 7.17. The number of aromatic nitrogens is 2. The van der Waals surface area contributed by atoms with E-state index in [0.29, 0.717) is 5.02 Å². The molecule has 1 aromatic heterocycles. The van der Waals surface area contributed by atoms with Crippen LogP contribution in [0.4, 0.5) is 11.5 Å². The fourth-order valence-electron chi connectivity index (χ4n) is 3.07. The Hall–Kier alpha value is -3.07. The molecule has 3 rings (SSSR count). The Morgan fingerprint density at radius 2 is 1.87 bits per heavy atom. The van der Waals surface area contributed by atoms with Crippen molar-refractivity contribution < 1.29 is 9.53 Å². The van der Waals surface area contributed by atoms with Crippen molar-refractivity contribution in [1.29, 1.82) is 0 Å². The van der Waals surface area contributed by atoms with E-state index in [1.165, 1.54) is 29.9 Å². The number of amides is 1. The predicted octanol–water partition coefficient (Wildman–Crippen LogP) is 2.77. The summed E-state index contributed by atoms with van der Waals surface area (Å²) < 4.78 is 6.29. The van der Waals surface area contributed by atoms with Gasteiger partial charge in [0.05, 0.1) is 23.7 Å². The summed E-state index contributed by atoms with van der Waals surface area (Å²) in [6.07, 6.45) is 0. The first-order valence-corrected chi connectivity index (χ1v) is 10.0. The number of nitrogens with two attached hydrogens (primary N) is 1. The largest absolute Gasteiger partial charge is 0.383 e. The van der Waals surface area contributed by atoms with Crippen molar-refractivity contribution in [1.82, 2.24) is 9.55 Å². The van der Waals surface area contributed by atoms with Gasteiger partial charge in [0.25, 0.3) is 11.5 Å². The van der Waals surface area contributed by atoms with Gasteiger partial charge in [-0.15, -0.1) is 0 Å². The Morgan fingerprint density at radius 3 is 2.52 bits per heavy atom. The van der Waals surface area contributed by atoms with Gasteiger partial charge >= 0.3 is 5.69 Å². The van der Waals surface area contributed by atoms with Crippen LogP contribution in [-0.4, -0.2) is 35.7 Å². The lowest BCUT2D eigenvalue weighted by Crippen LogP contribution is -2.42. The molecule has 0 unspecified atom stereocenters. The van der Waals surface area contributed by atoms with E-state index in [1.807, 2.05) is 30.3 Å². The number of benzene rings is 2. The van der Waals surface area contributed by atoms with Crippen molar-refractivity contribution in [2.75, 3.05) is 30.9 Å². The predicted molar refractivity (Wildman–Crippen MR) is 121 cm³/mol. The van der Waals surface area contributed by atoms with E-state index in [0.717, 1.165) is 10.5 Å². The van der Waals surface area contributed by atoms with Gasteiger partial charge < -0.3 is 10.5 Å². The summed E-state index contributed by atoms with van der Waals surface area (Å²) in [6, 6.07) is 13.5. The standard InChI is InChI=1S/C21H20Cl2N4O4/c1-31-10-9-26(20(29)15-8-7-14(22)11-16(15)23)17-18(24)27(21(30)25-19(17)28)12-13-5-3-2-4-6-13/h2-8,11H,9-10,12,24H2,1H3,(H,25,28,30). The third kappa shape index (κ3) is 4.99. The highest BCUT2D eigenvalue weighted by molar-refractivity contribution is 6.37. The minimum atomic E-state index is -0.790. The molecule has 0 saturated heterocycles. The molecule has 0 saturated carbocycles. The second kappa shape index (κ2) is 9.82. The van der Waals surface area contributed by atoms with Gasteiger partial charge in [0.15, 0.2) is 5.69 Å². The van der Waals surface area contributed by atoms with Crippen LogP contribution in [0.2, 0.25) is 10.0 Å². The van der Waals surface area contributed by atoms with Crippen molar-refractivity contribution in [3.05, 3.63) is 90.5 Å². The Labute approximate surface area is 187 Å². The molecule has 8 nitrogen and oxygen atoms in total. The number of methoxy groups -OCH3 is 1. The number of nitrogens with zero attached hydrogens (tertiary/aromatic N) is 2. The molecule has 3 aromatic rings. The van der Waals surface area contributed by atoms with Crippen LogP contribution in [0.25, 0.3) is 0 Å². The van der Waals surface area contributed by atoms with Gasteiger partial charge in [0, 0.05) is 18.7 Å². The molecule has 0 atom stereocenters. The zero-order chi connectivity index (χ0) is 22.5. The van der Waals surface area contributed by atoms with Crippen molar-refractivity contribution >= 4 is 40.6 Å². The molecule has 3 N–H and O–H groups in total. The number of hydrogen-bond donors (Lipinski definition) is 2. The minimum absolute atomic E-state index is 0.00507. The van der Waals surface area contributed by atoms with E-state index < -0.39 is 17.2 Å². The quantitative estimate of drug-likeness (QED) is 0.560. The van der Waals surface area contributed by atoms with E-state index >= 15 is 0 Å². The highest BCUT2D eigenvalue weighted by Gasteiger charge is 2.26. The van der Waals surface area contributed by atoms with Gasteiger partial charge in [-0.2, -0.15) is 0 Å². The third-order valence-corrected chi connectivity index (χ3v) is 5.14. The van der Waals surface area contributed by atoms with Crippen LogP contribution < -0.4 is 21.9 Å². The molecule has 2 aromatic carbocycles. The molecule has 0 radical (unpaired) electrons. The molecule has 0 aliphatic rings. The third-order valence-electron chi connectivity index (χ3n) is 4.59. The highest BCUT2D eigenvalue weighted by atomic mass is 35.5. The normalized spacial score (nSPS) is 10.8. The highest BCUT2D eigenvalue weighted by Crippen LogP contribution is 2.25. The molecule has 0 aliphatic carbocycles. The maximum Gasteiger partial charge on any atom is 0.330 e. The molecule has 31 heavy (non-hydrogen) atoms. The second-order valence-corrected chi connectivity index (χ2v) is 7.48. The van der Waals surface area contributed by atoms with Crippen molar-refractivity contribution in [2.24, 2.45) is 0 Å². The molecule has 0 spiro atoms. The lowest BCUT2D eigenvalue weighted by molar-refractivity contribution is 0.0975. The van der Waals surface area contributed by atoms with E-state index in [4.69, 9.17) is 33.7 Å². The van der Waals surface area contributed by atoms with E-state index in [9.17, 15) is 14.4 Å². The van der Waals surface area contributed by atoms with Crippen LogP contribution in [0.15, 0.2) is 58.1 Å². The van der Waals surface area contributed by atoms with Gasteiger partial charge in [-0.25, -0.2) is 4.79 Å². The van der Waals surface area contributed by atoms with Crippen LogP contribution in [0.1, 0.15) is 15.9 Å². The summed E-state index contributed by atoms with van der Waals surface area (Å²) in [6.45, 7) is 0.238. The SMILES string of the molecule is COCCN(C(=O)c1ccc(Cl)cc1Cl)c1c(N)n(Cc2ccccc2)c(=O)[nH]c1=O. The number of rotatable bonds is 7. The van der Waals surface area contributed by atoms with Crippen LogP contribution >= 0.6 is 23.2 Å². The summed E-state index contributed by atoms with van der Waals surface area (Å²) in [7, 11) is 1.46. The number of carbonyl (C=O) groups is 1. The second-order valence-electron chi connectivity index (χ2n) is 6.64. The van der Waals surface area contributed by atoms with E-state index in [-0.39, 0.29) is 41.8 Å². The van der Waals surface area contributed by atoms with Crippen LogP contribution in [0.3, 0.4) is 0 Å². The van der Waals surface area contributed by atoms with Gasteiger partial charge in [0.2, 0.25) is 0 Å². The maximum absolute atomic E-state index is 13.3. The number of anilines is 2. The first kappa shape index (κ1) is 22.6. The lowest BCUT2D eigenvalue weighted by atomic mass is 10.2. The average molecular weight is 463 g/mol. The van der Waals surface area contributed by atoms with Gasteiger partial charge in [-0.05, 0) is 23.8 Å². The Balaban J connectivity index is 2.12. The van der Waals surface area contributed by atoms with Crippen LogP contribution in [0.5, 0.6) is 0 Å². The number of ether oxygens (including phenoxy) is 1. The zero-order valence-electron chi connectivity index (χ0n) is 16.6. The number of hydrogen-bond acceptors (Lipinski definition) is 5. The molecular weight excluding hydrogens is 443 g/mol. The molecule has 1 heterocycles. The van der Waals surface area contributed by atoms with Crippen LogP contribution in [0, 0.1) is 0 Å². The lowest BCUT2D eigenvalue weighted by Gasteiger charge is -2.24. The van der Waals surface area contributed by atoms with Crippen molar-refractivity contribution in [3.8, 4) is 0 Å². The molecule has 1 amide bonds. The zero-order valence-corrected chi connectivity index (χ0v) is 18.1. The first-order valence-electron chi connectivity index (χ1n) is 9.26. The van der Waals surface area contributed by atoms with Gasteiger partial charge in [-0.3, -0.25) is 24.0 Å². The molecule has 10 heteroatoms. The Morgan fingerprint density at radius 1 is 1.16 bits per heavy atom. The number of nitrogens with one attached hydrogen (secondary N) is 1. The van der Waals surface area contributed by atoms with Crippen molar-refractivity contribution in [2.45, 2.75) is 6.54 Å². The summed E-state index contributed by atoms with van der Waals surface area (Å²) >= 11 is 12.1. The topological polar surface area (TPSA) is 110 Å². The molecule has 0 aliphatic heterocycles. The van der Waals surface area contributed by atoms with Crippen LogP contribution in [-0.2, 0) is 11.3 Å². The van der Waals surface area contributed by atoms with Gasteiger partial charge in [-0.1, -0.05) is 53.5 Å².